The predicted octanol–water partition coefficient (Wildman–Crippen LogP) is 5.16. The number of nitrogens with zero attached hydrogens (tertiary/aromatic N) is 5. The van der Waals surface area contributed by atoms with Crippen LogP contribution in [0.1, 0.15) is 47.3 Å². The average molecular weight is 614 g/mol. The number of benzene rings is 2. The van der Waals surface area contributed by atoms with Gasteiger partial charge >= 0.3 is 0 Å². The smallest absolute Gasteiger partial charge is 0.257 e. The Bertz CT molecular complexity index is 1780. The van der Waals surface area contributed by atoms with Crippen LogP contribution < -0.4 is 10.6 Å². The van der Waals surface area contributed by atoms with E-state index in [1.54, 1.807) is 42.2 Å². The maximum absolute atomic E-state index is 13.7. The van der Waals surface area contributed by atoms with Crippen molar-refractivity contribution in [1.82, 2.24) is 30.2 Å². The molecule has 0 saturated heterocycles. The molecule has 2 unspecified atom stereocenters. The lowest BCUT2D eigenvalue weighted by Gasteiger charge is -2.20. The third kappa shape index (κ3) is 6.85. The Labute approximate surface area is 259 Å². The number of carbonyl (C=O) groups is 2. The molecule has 3 aromatic heterocycles. The summed E-state index contributed by atoms with van der Waals surface area (Å²) >= 11 is 6.62. The lowest BCUT2D eigenvalue weighted by Crippen LogP contribution is -2.45. The molecule has 2 amide bonds. The Hall–Kier alpha value is -4.87. The minimum Gasteiger partial charge on any atom is -0.387 e. The van der Waals surface area contributed by atoms with Gasteiger partial charge in [-0.3, -0.25) is 14.6 Å². The summed E-state index contributed by atoms with van der Waals surface area (Å²) in [4.78, 5) is 31.1. The number of nitrogens with one attached hydrogen (secondary N) is 2. The zero-order valence-electron chi connectivity index (χ0n) is 24.7. The van der Waals surface area contributed by atoms with E-state index >= 15 is 0 Å². The highest BCUT2D eigenvalue weighted by Crippen LogP contribution is 2.29. The van der Waals surface area contributed by atoms with Crippen molar-refractivity contribution >= 4 is 29.1 Å². The van der Waals surface area contributed by atoms with Crippen LogP contribution in [0.5, 0.6) is 0 Å². The van der Waals surface area contributed by atoms with Crippen molar-refractivity contribution in [3.8, 4) is 22.5 Å². The number of carbonyl (C=O) groups excluding carboxylic acids is 2. The molecule has 3 heterocycles. The van der Waals surface area contributed by atoms with Gasteiger partial charge in [-0.2, -0.15) is 0 Å². The van der Waals surface area contributed by atoms with Crippen molar-refractivity contribution < 1.29 is 19.2 Å². The van der Waals surface area contributed by atoms with E-state index in [1.165, 1.54) is 6.26 Å². The van der Waals surface area contributed by atoms with Crippen molar-refractivity contribution in [3.63, 3.8) is 0 Å². The van der Waals surface area contributed by atoms with Crippen LogP contribution in [0.25, 0.3) is 22.5 Å². The van der Waals surface area contributed by atoms with Gasteiger partial charge in [0.05, 0.1) is 17.5 Å². The van der Waals surface area contributed by atoms with Crippen LogP contribution in [0.4, 0.5) is 5.69 Å². The summed E-state index contributed by atoms with van der Waals surface area (Å²) in [6.45, 7) is 5.49. The molecule has 0 fully saturated rings. The SMILES string of the molecule is Cc1nocc1C(=O)NC(Cc1cc(-c2ccnc(C(O)C(C)C)c2)ccc1Cl)C(=O)Nc1ccc(-c2nncn2C)cc1. The second-order valence-corrected chi connectivity index (χ2v) is 11.2. The van der Waals surface area contributed by atoms with Crippen LogP contribution in [0.15, 0.2) is 77.9 Å². The third-order valence-corrected chi connectivity index (χ3v) is 7.63. The topological polar surface area (TPSA) is 148 Å². The Balaban J connectivity index is 1.41. The standard InChI is InChI=1S/C32H32ClN7O4/c1-18(2)29(41)27-14-22(11-12-34-27)21-7-10-26(33)23(13-21)15-28(37-31(42)25-16-44-39-19(25)3)32(43)36-24-8-5-20(6-9-24)30-38-35-17-40(30)4/h5-14,16-18,28-29,41H,15H2,1-4H3,(H,36,43)(H,37,42). The first kappa shape index (κ1) is 30.6. The number of hydrogen-bond donors (Lipinski definition) is 3. The van der Waals surface area contributed by atoms with Gasteiger partial charge in [-0.1, -0.05) is 36.7 Å². The van der Waals surface area contributed by atoms with E-state index in [4.69, 9.17) is 16.1 Å². The van der Waals surface area contributed by atoms with Gasteiger partial charge in [0.1, 0.15) is 24.2 Å². The molecule has 44 heavy (non-hydrogen) atoms. The van der Waals surface area contributed by atoms with Gasteiger partial charge in [0, 0.05) is 35.9 Å². The molecule has 5 aromatic rings. The summed E-state index contributed by atoms with van der Waals surface area (Å²) in [5.41, 5.74) is 4.86. The van der Waals surface area contributed by atoms with E-state index in [0.717, 1.165) is 16.7 Å². The van der Waals surface area contributed by atoms with Gasteiger partial charge in [-0.25, -0.2) is 0 Å². The van der Waals surface area contributed by atoms with E-state index in [1.807, 2.05) is 57.3 Å². The summed E-state index contributed by atoms with van der Waals surface area (Å²) < 4.78 is 6.73. The first-order valence-corrected chi connectivity index (χ1v) is 14.4. The van der Waals surface area contributed by atoms with Gasteiger partial charge in [0.15, 0.2) is 5.82 Å². The van der Waals surface area contributed by atoms with Crippen LogP contribution in [0.3, 0.4) is 0 Å². The molecule has 0 radical (unpaired) electrons. The summed E-state index contributed by atoms with van der Waals surface area (Å²) in [6, 6.07) is 15.3. The highest BCUT2D eigenvalue weighted by atomic mass is 35.5. The van der Waals surface area contributed by atoms with Gasteiger partial charge in [-0.15, -0.1) is 10.2 Å². The number of rotatable bonds is 10. The molecule has 12 heteroatoms. The summed E-state index contributed by atoms with van der Waals surface area (Å²) in [6.07, 6.45) is 3.89. The number of hydrogen-bond acceptors (Lipinski definition) is 8. The molecule has 0 aliphatic heterocycles. The molecule has 3 N–H and O–H groups in total. The minimum absolute atomic E-state index is 0.00139. The summed E-state index contributed by atoms with van der Waals surface area (Å²) in [7, 11) is 1.85. The molecule has 0 aliphatic rings. The van der Waals surface area contributed by atoms with Crippen LogP contribution in [-0.2, 0) is 18.3 Å². The van der Waals surface area contributed by atoms with Crippen molar-refractivity contribution in [3.05, 3.63) is 101 Å². The molecule has 0 aliphatic carbocycles. The molecule has 0 bridgehead atoms. The third-order valence-electron chi connectivity index (χ3n) is 7.26. The molecule has 226 valence electrons. The average Bonchev–Trinajstić information content (AvgIpc) is 3.65. The van der Waals surface area contributed by atoms with Crippen molar-refractivity contribution in [1.29, 1.82) is 0 Å². The van der Waals surface area contributed by atoms with Gasteiger partial charge < -0.3 is 24.8 Å². The maximum atomic E-state index is 13.7. The molecule has 5 rings (SSSR count). The summed E-state index contributed by atoms with van der Waals surface area (Å²) in [5, 5.41) is 28.5. The van der Waals surface area contributed by atoms with Crippen molar-refractivity contribution in [2.75, 3.05) is 5.32 Å². The van der Waals surface area contributed by atoms with E-state index < -0.39 is 24.0 Å². The quantitative estimate of drug-likeness (QED) is 0.196. The van der Waals surface area contributed by atoms with Crippen LogP contribution in [0.2, 0.25) is 5.02 Å². The number of amides is 2. The molecule has 2 aromatic carbocycles. The van der Waals surface area contributed by atoms with Gasteiger partial charge in [-0.05, 0) is 78.1 Å². The second-order valence-electron chi connectivity index (χ2n) is 10.8. The zero-order chi connectivity index (χ0) is 31.4. The summed E-state index contributed by atoms with van der Waals surface area (Å²) in [5.74, 6) is -0.257. The molecule has 2 atom stereocenters. The number of halogens is 1. The Morgan fingerprint density at radius 2 is 1.77 bits per heavy atom. The largest absolute Gasteiger partial charge is 0.387 e. The van der Waals surface area contributed by atoms with E-state index in [-0.39, 0.29) is 17.9 Å². The molecule has 11 nitrogen and oxygen atoms in total. The Kier molecular flexibility index (Phi) is 9.17. The minimum atomic E-state index is -1.00. The lowest BCUT2D eigenvalue weighted by molar-refractivity contribution is -0.118. The monoisotopic (exact) mass is 613 g/mol. The number of aliphatic hydroxyl groups is 1. The lowest BCUT2D eigenvalue weighted by atomic mass is 9.97. The number of aromatic nitrogens is 5. The van der Waals surface area contributed by atoms with Gasteiger partial charge in [0.25, 0.3) is 5.91 Å². The van der Waals surface area contributed by atoms with E-state index in [9.17, 15) is 14.7 Å². The number of aryl methyl sites for hydroxylation is 2. The zero-order valence-corrected chi connectivity index (χ0v) is 25.4. The fraction of sp³-hybridized carbons (Fsp3) is 0.250. The maximum Gasteiger partial charge on any atom is 0.257 e. The van der Waals surface area contributed by atoms with Gasteiger partial charge in [0.2, 0.25) is 5.91 Å². The van der Waals surface area contributed by atoms with E-state index in [2.05, 4.69) is 31.0 Å². The van der Waals surface area contributed by atoms with Crippen LogP contribution in [-0.4, -0.2) is 47.9 Å². The number of anilines is 1. The second kappa shape index (κ2) is 13.2. The normalized spacial score (nSPS) is 12.6. The highest BCUT2D eigenvalue weighted by molar-refractivity contribution is 6.31. The first-order chi connectivity index (χ1) is 21.1. The molecule has 0 saturated carbocycles. The predicted molar refractivity (Wildman–Crippen MR) is 166 cm³/mol. The Morgan fingerprint density at radius 3 is 2.43 bits per heavy atom. The molecular weight excluding hydrogens is 582 g/mol. The van der Waals surface area contributed by atoms with Crippen molar-refractivity contribution in [2.24, 2.45) is 13.0 Å². The Morgan fingerprint density at radius 1 is 1.05 bits per heavy atom. The molecule has 0 spiro atoms. The molecular formula is C32H32ClN7O4. The first-order valence-electron chi connectivity index (χ1n) is 14.0. The van der Waals surface area contributed by atoms with E-state index in [0.29, 0.717) is 33.5 Å². The van der Waals surface area contributed by atoms with Crippen LogP contribution in [0, 0.1) is 12.8 Å². The highest BCUT2D eigenvalue weighted by Gasteiger charge is 2.25. The fourth-order valence-electron chi connectivity index (χ4n) is 4.69. The number of aliphatic hydroxyl groups excluding tert-OH is 1. The van der Waals surface area contributed by atoms with Crippen LogP contribution >= 0.6 is 11.6 Å². The number of pyridine rings is 1. The fourth-order valence-corrected chi connectivity index (χ4v) is 4.89. The van der Waals surface area contributed by atoms with Crippen molar-refractivity contribution in [2.45, 2.75) is 39.3 Å².